The predicted octanol–water partition coefficient (Wildman–Crippen LogP) is 3.39. The smallest absolute Gasteiger partial charge is 0.231 e. The number of hydrogen-bond donors (Lipinski definition) is 1. The Hall–Kier alpha value is -2.32. The maximum absolute atomic E-state index is 12.3. The molecule has 8 heteroatoms. The lowest BCUT2D eigenvalue weighted by Gasteiger charge is -2.14. The van der Waals surface area contributed by atoms with Crippen LogP contribution >= 0.6 is 23.1 Å². The van der Waals surface area contributed by atoms with Crippen LogP contribution in [0.3, 0.4) is 0 Å². The van der Waals surface area contributed by atoms with Crippen LogP contribution in [-0.2, 0) is 4.79 Å². The van der Waals surface area contributed by atoms with Crippen molar-refractivity contribution in [1.29, 1.82) is 0 Å². The SMILES string of the molecule is CC(NC(=O)CSc1ncnc2ccsc12)c1ccc2c(c1)OCO2. The third kappa shape index (κ3) is 3.40. The number of rotatable bonds is 5. The summed E-state index contributed by atoms with van der Waals surface area (Å²) in [4.78, 5) is 20.8. The molecule has 3 aromatic rings. The molecule has 2 aromatic heterocycles. The van der Waals surface area contributed by atoms with Gasteiger partial charge in [-0.25, -0.2) is 9.97 Å². The Morgan fingerprint density at radius 2 is 2.20 bits per heavy atom. The highest BCUT2D eigenvalue weighted by Gasteiger charge is 2.17. The van der Waals surface area contributed by atoms with E-state index in [1.54, 1.807) is 11.3 Å². The molecule has 3 heterocycles. The molecule has 0 saturated heterocycles. The average Bonchev–Trinajstić information content (AvgIpc) is 3.28. The van der Waals surface area contributed by atoms with Gasteiger partial charge in [0.25, 0.3) is 0 Å². The van der Waals surface area contributed by atoms with E-state index in [1.165, 1.54) is 18.1 Å². The molecule has 0 bridgehead atoms. The van der Waals surface area contributed by atoms with E-state index in [1.807, 2.05) is 36.6 Å². The Kier molecular flexibility index (Phi) is 4.46. The molecular weight excluding hydrogens is 358 g/mol. The Labute approximate surface area is 152 Å². The minimum absolute atomic E-state index is 0.0431. The van der Waals surface area contributed by atoms with Crippen LogP contribution in [0.2, 0.25) is 0 Å². The lowest BCUT2D eigenvalue weighted by atomic mass is 10.1. The lowest BCUT2D eigenvalue weighted by Crippen LogP contribution is -2.28. The fraction of sp³-hybridized carbons (Fsp3) is 0.235. The molecule has 4 rings (SSSR count). The summed E-state index contributed by atoms with van der Waals surface area (Å²) in [7, 11) is 0. The minimum atomic E-state index is -0.116. The molecule has 0 spiro atoms. The zero-order chi connectivity index (χ0) is 17.2. The molecular formula is C17H15N3O3S2. The third-order valence-corrected chi connectivity index (χ3v) is 5.85. The van der Waals surface area contributed by atoms with Crippen molar-refractivity contribution >= 4 is 39.2 Å². The molecule has 25 heavy (non-hydrogen) atoms. The molecule has 0 fully saturated rings. The molecule has 0 radical (unpaired) electrons. The largest absolute Gasteiger partial charge is 0.454 e. The van der Waals surface area contributed by atoms with Crippen LogP contribution in [0.5, 0.6) is 11.5 Å². The number of nitrogens with one attached hydrogen (secondary N) is 1. The number of hydrogen-bond acceptors (Lipinski definition) is 7. The van der Waals surface area contributed by atoms with E-state index in [2.05, 4.69) is 15.3 Å². The van der Waals surface area contributed by atoms with Crippen LogP contribution < -0.4 is 14.8 Å². The van der Waals surface area contributed by atoms with Gasteiger partial charge in [-0.15, -0.1) is 11.3 Å². The van der Waals surface area contributed by atoms with Crippen LogP contribution in [0.1, 0.15) is 18.5 Å². The third-order valence-electron chi connectivity index (χ3n) is 3.82. The molecule has 1 amide bonds. The number of nitrogens with zero attached hydrogens (tertiary/aromatic N) is 2. The quantitative estimate of drug-likeness (QED) is 0.546. The van der Waals surface area contributed by atoms with Crippen molar-refractivity contribution in [2.45, 2.75) is 18.0 Å². The number of thiophene rings is 1. The zero-order valence-electron chi connectivity index (χ0n) is 13.4. The van der Waals surface area contributed by atoms with E-state index < -0.39 is 0 Å². The van der Waals surface area contributed by atoms with Gasteiger partial charge in [-0.3, -0.25) is 4.79 Å². The van der Waals surface area contributed by atoms with Gasteiger partial charge in [0.05, 0.1) is 22.0 Å². The van der Waals surface area contributed by atoms with Gasteiger partial charge < -0.3 is 14.8 Å². The molecule has 1 aromatic carbocycles. The summed E-state index contributed by atoms with van der Waals surface area (Å²) in [6, 6.07) is 7.54. The normalized spacial score (nSPS) is 13.8. The van der Waals surface area contributed by atoms with E-state index in [9.17, 15) is 4.79 Å². The van der Waals surface area contributed by atoms with Crippen LogP contribution in [0, 0.1) is 0 Å². The van der Waals surface area contributed by atoms with Crippen molar-refractivity contribution < 1.29 is 14.3 Å². The van der Waals surface area contributed by atoms with Gasteiger partial charge >= 0.3 is 0 Å². The lowest BCUT2D eigenvalue weighted by molar-refractivity contribution is -0.119. The summed E-state index contributed by atoms with van der Waals surface area (Å²) < 4.78 is 11.7. The molecule has 1 aliphatic rings. The highest BCUT2D eigenvalue weighted by molar-refractivity contribution is 8.00. The summed E-state index contributed by atoms with van der Waals surface area (Å²) in [5.74, 6) is 1.72. The van der Waals surface area contributed by atoms with Gasteiger partial charge in [0.1, 0.15) is 11.4 Å². The number of carbonyl (C=O) groups excluding carboxylic acids is 1. The second-order valence-electron chi connectivity index (χ2n) is 5.50. The van der Waals surface area contributed by atoms with Gasteiger partial charge in [0, 0.05) is 0 Å². The van der Waals surface area contributed by atoms with Crippen LogP contribution in [-0.4, -0.2) is 28.4 Å². The number of carbonyl (C=O) groups is 1. The van der Waals surface area contributed by atoms with E-state index in [-0.39, 0.29) is 18.7 Å². The monoisotopic (exact) mass is 373 g/mol. The van der Waals surface area contributed by atoms with E-state index in [4.69, 9.17) is 9.47 Å². The molecule has 6 nitrogen and oxygen atoms in total. The first kappa shape index (κ1) is 16.2. The summed E-state index contributed by atoms with van der Waals surface area (Å²) >= 11 is 3.01. The number of aromatic nitrogens is 2. The second kappa shape index (κ2) is 6.89. The molecule has 1 N–H and O–H groups in total. The highest BCUT2D eigenvalue weighted by Crippen LogP contribution is 2.34. The number of thioether (sulfide) groups is 1. The molecule has 1 aliphatic heterocycles. The first-order chi connectivity index (χ1) is 12.2. The Balaban J connectivity index is 1.38. The van der Waals surface area contributed by atoms with Crippen molar-refractivity contribution in [1.82, 2.24) is 15.3 Å². The van der Waals surface area contributed by atoms with Gasteiger partial charge in [-0.1, -0.05) is 17.8 Å². The van der Waals surface area contributed by atoms with Crippen molar-refractivity contribution in [3.8, 4) is 11.5 Å². The summed E-state index contributed by atoms with van der Waals surface area (Å²) in [6.45, 7) is 2.19. The maximum atomic E-state index is 12.3. The topological polar surface area (TPSA) is 73.3 Å². The number of amides is 1. The van der Waals surface area contributed by atoms with E-state index in [0.29, 0.717) is 11.5 Å². The standard InChI is InChI=1S/C17H15N3O3S2/c1-10(11-2-3-13-14(6-11)23-9-22-13)20-15(21)7-25-17-16-12(4-5-24-16)18-8-19-17/h2-6,8,10H,7,9H2,1H3,(H,20,21). The highest BCUT2D eigenvalue weighted by atomic mass is 32.2. The van der Waals surface area contributed by atoms with Gasteiger partial charge in [0.15, 0.2) is 11.5 Å². The Bertz CT molecular complexity index is 928. The second-order valence-corrected chi connectivity index (χ2v) is 7.38. The fourth-order valence-corrected chi connectivity index (χ4v) is 4.31. The van der Waals surface area contributed by atoms with Gasteiger partial charge in [0.2, 0.25) is 12.7 Å². The number of benzene rings is 1. The molecule has 128 valence electrons. The molecule has 1 atom stereocenters. The van der Waals surface area contributed by atoms with Gasteiger partial charge in [-0.2, -0.15) is 0 Å². The Morgan fingerprint density at radius 1 is 1.32 bits per heavy atom. The van der Waals surface area contributed by atoms with Crippen LogP contribution in [0.15, 0.2) is 41.0 Å². The Morgan fingerprint density at radius 3 is 3.12 bits per heavy atom. The fourth-order valence-electron chi connectivity index (χ4n) is 2.55. The van der Waals surface area contributed by atoms with Crippen molar-refractivity contribution in [3.63, 3.8) is 0 Å². The van der Waals surface area contributed by atoms with Crippen LogP contribution in [0.25, 0.3) is 10.2 Å². The summed E-state index contributed by atoms with van der Waals surface area (Å²) in [5.41, 5.74) is 1.89. The van der Waals surface area contributed by atoms with Crippen molar-refractivity contribution in [2.24, 2.45) is 0 Å². The molecule has 0 aliphatic carbocycles. The summed E-state index contributed by atoms with van der Waals surface area (Å²) in [6.07, 6.45) is 1.53. The van der Waals surface area contributed by atoms with Gasteiger partial charge in [-0.05, 0) is 36.1 Å². The zero-order valence-corrected chi connectivity index (χ0v) is 15.0. The number of ether oxygens (including phenoxy) is 2. The van der Waals surface area contributed by atoms with Crippen molar-refractivity contribution in [2.75, 3.05) is 12.5 Å². The summed E-state index contributed by atoms with van der Waals surface area (Å²) in [5, 5.41) is 5.82. The van der Waals surface area contributed by atoms with E-state index in [0.717, 1.165) is 26.6 Å². The average molecular weight is 373 g/mol. The first-order valence-corrected chi connectivity index (χ1v) is 9.57. The van der Waals surface area contributed by atoms with E-state index >= 15 is 0 Å². The molecule has 1 unspecified atom stereocenters. The first-order valence-electron chi connectivity index (χ1n) is 7.70. The molecule has 0 saturated carbocycles. The van der Waals surface area contributed by atoms with Crippen molar-refractivity contribution in [3.05, 3.63) is 41.5 Å². The van der Waals surface area contributed by atoms with Crippen LogP contribution in [0.4, 0.5) is 0 Å². The minimum Gasteiger partial charge on any atom is -0.454 e. The number of fused-ring (bicyclic) bond motifs is 2. The predicted molar refractivity (Wildman–Crippen MR) is 97.3 cm³/mol. The maximum Gasteiger partial charge on any atom is 0.231 e.